The van der Waals surface area contributed by atoms with Crippen molar-refractivity contribution < 1.29 is 23.4 Å². The third-order valence-electron chi connectivity index (χ3n) is 7.09. The number of aromatic nitrogens is 1. The van der Waals surface area contributed by atoms with Crippen molar-refractivity contribution in [3.05, 3.63) is 109 Å². The molecule has 2 aliphatic rings. The van der Waals surface area contributed by atoms with Crippen molar-refractivity contribution >= 4 is 35.0 Å². The van der Waals surface area contributed by atoms with Gasteiger partial charge in [-0.25, -0.2) is 9.79 Å². The van der Waals surface area contributed by atoms with Crippen molar-refractivity contribution in [2.75, 3.05) is 44.4 Å². The lowest BCUT2D eigenvalue weighted by atomic mass is 9.93. The maximum Gasteiger partial charge on any atom is 0.338 e. The van der Waals surface area contributed by atoms with Crippen LogP contribution in [0.3, 0.4) is 0 Å². The highest BCUT2D eigenvalue weighted by Crippen LogP contribution is 2.35. The second kappa shape index (κ2) is 12.2. The first-order valence-electron chi connectivity index (χ1n) is 14.0. The molecule has 2 aromatic carbocycles. The molecule has 10 heteroatoms. The van der Waals surface area contributed by atoms with Crippen LogP contribution in [0.5, 0.6) is 5.75 Å². The Hall–Kier alpha value is -4.41. The van der Waals surface area contributed by atoms with Crippen LogP contribution in [0.15, 0.2) is 86.5 Å². The van der Waals surface area contributed by atoms with Gasteiger partial charge in [0.05, 0.1) is 48.3 Å². The molecule has 0 aliphatic carbocycles. The maximum atomic E-state index is 14.1. The van der Waals surface area contributed by atoms with Crippen LogP contribution in [0.25, 0.3) is 11.8 Å². The lowest BCUT2D eigenvalue weighted by Crippen LogP contribution is -2.40. The van der Waals surface area contributed by atoms with Gasteiger partial charge in [-0.1, -0.05) is 53.8 Å². The number of carbonyl (C=O) groups excluding carboxylic acids is 1. The Morgan fingerprint density at radius 1 is 1.02 bits per heavy atom. The molecule has 0 saturated carbocycles. The van der Waals surface area contributed by atoms with Crippen LogP contribution in [-0.2, 0) is 14.3 Å². The first kappa shape index (κ1) is 27.7. The first-order chi connectivity index (χ1) is 20.6. The van der Waals surface area contributed by atoms with E-state index in [4.69, 9.17) is 23.6 Å². The maximum absolute atomic E-state index is 14.1. The number of furan rings is 1. The Morgan fingerprint density at radius 2 is 1.79 bits per heavy atom. The summed E-state index contributed by atoms with van der Waals surface area (Å²) in [5, 5.41) is 0. The quantitative estimate of drug-likeness (QED) is 0.291. The Balaban J connectivity index is 1.53. The van der Waals surface area contributed by atoms with Crippen LogP contribution in [0.1, 0.15) is 36.8 Å². The SMILES string of the molecule is CCOC(=O)C1=C(c2ccccc2)N=c2s/c(=C/c3ccc(N4CCOCC4)o3)c(=O)n2[C@@H]1c1ccc(OCC)cc1. The fourth-order valence-electron chi connectivity index (χ4n) is 5.17. The fraction of sp³-hybridized carbons (Fsp3) is 0.281. The van der Waals surface area contributed by atoms with E-state index in [2.05, 4.69) is 4.90 Å². The van der Waals surface area contributed by atoms with Crippen LogP contribution in [0.2, 0.25) is 0 Å². The van der Waals surface area contributed by atoms with E-state index in [1.807, 2.05) is 73.7 Å². The number of fused-ring (bicyclic) bond motifs is 1. The summed E-state index contributed by atoms with van der Waals surface area (Å²) in [6.07, 6.45) is 1.74. The number of rotatable bonds is 8. The number of esters is 1. The molecule has 4 aromatic rings. The molecule has 1 atom stereocenters. The van der Waals surface area contributed by atoms with Crippen LogP contribution in [-0.4, -0.2) is 50.1 Å². The zero-order valence-electron chi connectivity index (χ0n) is 23.4. The number of nitrogens with zero attached hydrogens (tertiary/aromatic N) is 3. The summed E-state index contributed by atoms with van der Waals surface area (Å²) in [7, 11) is 0. The number of morpholine rings is 1. The lowest BCUT2D eigenvalue weighted by molar-refractivity contribution is -0.138. The summed E-state index contributed by atoms with van der Waals surface area (Å²) in [5.41, 5.74) is 2.02. The van der Waals surface area contributed by atoms with E-state index < -0.39 is 12.0 Å². The lowest BCUT2D eigenvalue weighted by Gasteiger charge is -2.26. The minimum absolute atomic E-state index is 0.189. The van der Waals surface area contributed by atoms with Gasteiger partial charge in [-0.3, -0.25) is 9.36 Å². The molecule has 0 spiro atoms. The van der Waals surface area contributed by atoms with Crippen molar-refractivity contribution in [2.24, 2.45) is 4.99 Å². The standard InChI is InChI=1S/C32H31N3O6S/c1-3-39-23-12-10-22(11-13-23)29-27(31(37)40-4-2)28(21-8-6-5-7-9-21)33-32-35(29)30(36)25(42-32)20-24-14-15-26(41-24)34-16-18-38-19-17-34/h5-15,20,29H,3-4,16-19H2,1-2H3/b25-20+/t29-/m1/s1. The summed E-state index contributed by atoms with van der Waals surface area (Å²) in [5.74, 6) is 1.48. The third-order valence-corrected chi connectivity index (χ3v) is 8.07. The van der Waals surface area contributed by atoms with Gasteiger partial charge >= 0.3 is 5.97 Å². The Bertz CT molecular complexity index is 1780. The van der Waals surface area contributed by atoms with E-state index in [0.717, 1.165) is 30.1 Å². The molecule has 42 heavy (non-hydrogen) atoms. The monoisotopic (exact) mass is 585 g/mol. The molecule has 6 rings (SSSR count). The van der Waals surface area contributed by atoms with Crippen LogP contribution in [0.4, 0.5) is 5.88 Å². The first-order valence-corrected chi connectivity index (χ1v) is 14.8. The molecule has 1 fully saturated rings. The number of carbonyl (C=O) groups is 1. The minimum atomic E-state index is -0.756. The Morgan fingerprint density at radius 3 is 2.50 bits per heavy atom. The third kappa shape index (κ3) is 5.43. The predicted molar refractivity (Wildman–Crippen MR) is 160 cm³/mol. The van der Waals surface area contributed by atoms with Crippen LogP contribution >= 0.6 is 11.3 Å². The molecular weight excluding hydrogens is 554 g/mol. The van der Waals surface area contributed by atoms with E-state index in [9.17, 15) is 9.59 Å². The Labute approximate surface area is 246 Å². The average molecular weight is 586 g/mol. The van der Waals surface area contributed by atoms with Gasteiger partial charge in [-0.05, 0) is 37.6 Å². The molecule has 0 amide bonds. The van der Waals surface area contributed by atoms with Gasteiger partial charge in [0.15, 0.2) is 10.7 Å². The normalized spacial score (nSPS) is 17.1. The largest absolute Gasteiger partial charge is 0.494 e. The molecule has 9 nitrogen and oxygen atoms in total. The molecule has 0 unspecified atom stereocenters. The van der Waals surface area contributed by atoms with E-state index in [1.54, 1.807) is 17.6 Å². The van der Waals surface area contributed by atoms with E-state index in [0.29, 0.717) is 51.9 Å². The van der Waals surface area contributed by atoms with Crippen molar-refractivity contribution in [3.63, 3.8) is 0 Å². The van der Waals surface area contributed by atoms with Gasteiger partial charge in [0, 0.05) is 30.8 Å². The number of anilines is 1. The summed E-state index contributed by atoms with van der Waals surface area (Å²) < 4.78 is 24.7. The summed E-state index contributed by atoms with van der Waals surface area (Å²) in [4.78, 5) is 35.1. The second-order valence-corrected chi connectivity index (χ2v) is 10.7. The molecule has 216 valence electrons. The second-order valence-electron chi connectivity index (χ2n) is 9.71. The molecule has 0 N–H and O–H groups in total. The summed E-state index contributed by atoms with van der Waals surface area (Å²) in [6.45, 7) is 7.18. The van der Waals surface area contributed by atoms with Gasteiger partial charge < -0.3 is 23.5 Å². The van der Waals surface area contributed by atoms with Crippen molar-refractivity contribution in [3.8, 4) is 5.75 Å². The number of thiazole rings is 1. The zero-order chi connectivity index (χ0) is 29.1. The van der Waals surface area contributed by atoms with Crippen molar-refractivity contribution in [1.29, 1.82) is 0 Å². The van der Waals surface area contributed by atoms with Gasteiger partial charge in [0.25, 0.3) is 5.56 Å². The Kier molecular flexibility index (Phi) is 8.07. The molecule has 0 bridgehead atoms. The average Bonchev–Trinajstić information content (AvgIpc) is 3.62. The smallest absolute Gasteiger partial charge is 0.338 e. The van der Waals surface area contributed by atoms with E-state index in [-0.39, 0.29) is 12.2 Å². The summed E-state index contributed by atoms with van der Waals surface area (Å²) in [6, 6.07) is 19.9. The zero-order valence-corrected chi connectivity index (χ0v) is 24.3. The van der Waals surface area contributed by atoms with E-state index in [1.165, 1.54) is 11.3 Å². The number of hydrogen-bond donors (Lipinski definition) is 0. The number of hydrogen-bond acceptors (Lipinski definition) is 9. The highest BCUT2D eigenvalue weighted by Gasteiger charge is 2.35. The molecular formula is C32H31N3O6S. The van der Waals surface area contributed by atoms with E-state index >= 15 is 0 Å². The molecule has 2 aliphatic heterocycles. The number of benzene rings is 2. The fourth-order valence-corrected chi connectivity index (χ4v) is 6.15. The number of ether oxygens (including phenoxy) is 3. The topological polar surface area (TPSA) is 95.5 Å². The highest BCUT2D eigenvalue weighted by molar-refractivity contribution is 7.07. The van der Waals surface area contributed by atoms with Gasteiger partial charge in [-0.2, -0.15) is 0 Å². The van der Waals surface area contributed by atoms with Gasteiger partial charge in [0.2, 0.25) is 0 Å². The van der Waals surface area contributed by atoms with Gasteiger partial charge in [-0.15, -0.1) is 0 Å². The van der Waals surface area contributed by atoms with Crippen LogP contribution < -0.4 is 24.5 Å². The summed E-state index contributed by atoms with van der Waals surface area (Å²) >= 11 is 1.26. The minimum Gasteiger partial charge on any atom is -0.494 e. The van der Waals surface area contributed by atoms with Gasteiger partial charge in [0.1, 0.15) is 11.5 Å². The van der Waals surface area contributed by atoms with Crippen molar-refractivity contribution in [2.45, 2.75) is 19.9 Å². The highest BCUT2D eigenvalue weighted by atomic mass is 32.1. The predicted octanol–water partition coefficient (Wildman–Crippen LogP) is 3.76. The molecule has 1 saturated heterocycles. The molecule has 2 aromatic heterocycles. The van der Waals surface area contributed by atoms with Crippen molar-refractivity contribution in [1.82, 2.24) is 4.57 Å². The van der Waals surface area contributed by atoms with Crippen LogP contribution in [0, 0.1) is 0 Å². The molecule has 0 radical (unpaired) electrons. The molecule has 4 heterocycles.